The Balaban J connectivity index is 2.59. The van der Waals surface area contributed by atoms with E-state index in [0.29, 0.717) is 17.0 Å². The summed E-state index contributed by atoms with van der Waals surface area (Å²) < 4.78 is 47.1. The first-order chi connectivity index (χ1) is 17.6. The van der Waals surface area contributed by atoms with E-state index in [4.69, 9.17) is 39.3 Å². The predicted octanol–water partition coefficient (Wildman–Crippen LogP) is 4.72. The maximum absolute atomic E-state index is 13.2. The molecule has 0 saturated carbocycles. The SMILES string of the molecule is COC(=O)C1=C[C@@H](OC(C(=O)OC)P(=O)(OC)OC)C[C@@H]([Se]c2ccc(Cl)cc2)[C@@H]1O[Si](C)(C)C(C)(C)C. The van der Waals surface area contributed by atoms with Gasteiger partial charge in [0.1, 0.15) is 0 Å². The molecule has 0 bridgehead atoms. The van der Waals surface area contributed by atoms with Crippen LogP contribution in [0.3, 0.4) is 0 Å². The second-order valence-corrected chi connectivity index (χ2v) is 20.4. The molecule has 0 aromatic heterocycles. The Morgan fingerprint density at radius 3 is 2.11 bits per heavy atom. The van der Waals surface area contributed by atoms with Crippen LogP contribution in [0.2, 0.25) is 28.0 Å². The number of rotatable bonds is 11. The van der Waals surface area contributed by atoms with Crippen LogP contribution in [-0.2, 0) is 41.8 Å². The fourth-order valence-electron chi connectivity index (χ4n) is 3.54. The van der Waals surface area contributed by atoms with E-state index < -0.39 is 45.9 Å². The van der Waals surface area contributed by atoms with Gasteiger partial charge >= 0.3 is 238 Å². The van der Waals surface area contributed by atoms with Crippen molar-refractivity contribution in [2.45, 2.75) is 68.2 Å². The van der Waals surface area contributed by atoms with Crippen molar-refractivity contribution in [3.63, 3.8) is 0 Å². The van der Waals surface area contributed by atoms with Crippen LogP contribution in [0.1, 0.15) is 27.2 Å². The maximum atomic E-state index is 13.2. The Bertz CT molecular complexity index is 1050. The molecule has 0 radical (unpaired) electrons. The van der Waals surface area contributed by atoms with Crippen LogP contribution in [0.4, 0.5) is 0 Å². The van der Waals surface area contributed by atoms with Crippen LogP contribution in [-0.4, -0.2) is 81.7 Å². The average molecular weight is 656 g/mol. The molecular formula is C25H38ClO9PSeSi. The topological polar surface area (TPSA) is 107 Å². The number of halogens is 1. The minimum absolute atomic E-state index is 0.112. The van der Waals surface area contributed by atoms with E-state index in [2.05, 4.69) is 33.9 Å². The van der Waals surface area contributed by atoms with Gasteiger partial charge in [-0.3, -0.25) is 0 Å². The summed E-state index contributed by atoms with van der Waals surface area (Å²) in [6, 6.07) is 7.52. The normalized spacial score (nSPS) is 21.4. The summed E-state index contributed by atoms with van der Waals surface area (Å²) in [6.07, 6.45) is 0.602. The third-order valence-electron chi connectivity index (χ3n) is 6.73. The Morgan fingerprint density at radius 1 is 1.05 bits per heavy atom. The molecule has 1 aliphatic rings. The van der Waals surface area contributed by atoms with E-state index in [1.165, 1.54) is 7.11 Å². The molecule has 0 aliphatic heterocycles. The number of esters is 2. The molecule has 0 amide bonds. The molecule has 1 aromatic rings. The van der Waals surface area contributed by atoms with Gasteiger partial charge in [0.15, 0.2) is 0 Å². The van der Waals surface area contributed by atoms with Gasteiger partial charge in [0.05, 0.1) is 0 Å². The second-order valence-electron chi connectivity index (χ2n) is 10.2. The zero-order valence-corrected chi connectivity index (χ0v) is 27.7. The first-order valence-corrected chi connectivity index (χ1v) is 18.7. The molecule has 0 saturated heterocycles. The molecule has 1 unspecified atom stereocenters. The van der Waals surface area contributed by atoms with Crippen molar-refractivity contribution in [1.82, 2.24) is 0 Å². The molecule has 9 nitrogen and oxygen atoms in total. The quantitative estimate of drug-likeness (QED) is 0.190. The monoisotopic (exact) mass is 656 g/mol. The predicted molar refractivity (Wildman–Crippen MR) is 150 cm³/mol. The van der Waals surface area contributed by atoms with Crippen molar-refractivity contribution in [2.24, 2.45) is 0 Å². The molecule has 0 fully saturated rings. The van der Waals surface area contributed by atoms with Gasteiger partial charge in [-0.05, 0) is 0 Å². The molecule has 38 heavy (non-hydrogen) atoms. The van der Waals surface area contributed by atoms with Crippen molar-refractivity contribution in [3.05, 3.63) is 40.9 Å². The number of hydrogen-bond donors (Lipinski definition) is 0. The summed E-state index contributed by atoms with van der Waals surface area (Å²) in [5.74, 6) is -3.12. The Kier molecular flexibility index (Phi) is 11.9. The van der Waals surface area contributed by atoms with Crippen LogP contribution in [0.15, 0.2) is 35.9 Å². The molecule has 13 heteroatoms. The van der Waals surface area contributed by atoms with Crippen molar-refractivity contribution in [1.29, 1.82) is 0 Å². The fraction of sp³-hybridized carbons (Fsp3) is 0.600. The van der Waals surface area contributed by atoms with Gasteiger partial charge in [0, 0.05) is 0 Å². The number of benzene rings is 1. The number of methoxy groups -OCH3 is 2. The summed E-state index contributed by atoms with van der Waals surface area (Å²) in [7, 11) is -1.58. The van der Waals surface area contributed by atoms with Gasteiger partial charge < -0.3 is 0 Å². The number of hydrogen-bond acceptors (Lipinski definition) is 9. The Hall–Kier alpha value is -1.00. The van der Waals surface area contributed by atoms with Crippen LogP contribution in [0, 0.1) is 0 Å². The molecule has 1 aromatic carbocycles. The van der Waals surface area contributed by atoms with Gasteiger partial charge in [-0.25, -0.2) is 0 Å². The third-order valence-corrected chi connectivity index (χ3v) is 16.1. The molecule has 0 heterocycles. The minimum atomic E-state index is -4.02. The Labute approximate surface area is 237 Å². The summed E-state index contributed by atoms with van der Waals surface area (Å²) in [4.78, 5) is 25.4. The van der Waals surface area contributed by atoms with E-state index in [0.717, 1.165) is 25.8 Å². The van der Waals surface area contributed by atoms with Gasteiger partial charge in [0.2, 0.25) is 0 Å². The number of carbonyl (C=O) groups excluding carboxylic acids is 2. The van der Waals surface area contributed by atoms with Gasteiger partial charge in [-0.1, -0.05) is 0 Å². The average Bonchev–Trinajstić information content (AvgIpc) is 2.87. The molecule has 0 N–H and O–H groups in total. The summed E-state index contributed by atoms with van der Waals surface area (Å²) >= 11 is 5.91. The molecule has 214 valence electrons. The first kappa shape index (κ1) is 33.2. The molecule has 2 rings (SSSR count). The van der Waals surface area contributed by atoms with Crippen molar-refractivity contribution < 1.29 is 41.8 Å². The van der Waals surface area contributed by atoms with E-state index in [1.54, 1.807) is 6.08 Å². The molecular weight excluding hydrogens is 618 g/mol. The number of carbonyl (C=O) groups is 2. The zero-order chi connectivity index (χ0) is 28.9. The summed E-state index contributed by atoms with van der Waals surface area (Å²) in [6.45, 7) is 10.6. The van der Waals surface area contributed by atoms with Crippen LogP contribution < -0.4 is 4.46 Å². The van der Waals surface area contributed by atoms with Gasteiger partial charge in [-0.2, -0.15) is 0 Å². The van der Waals surface area contributed by atoms with E-state index in [-0.39, 0.29) is 24.8 Å². The third kappa shape index (κ3) is 8.02. The van der Waals surface area contributed by atoms with Crippen molar-refractivity contribution in [3.8, 4) is 0 Å². The summed E-state index contributed by atoms with van der Waals surface area (Å²) in [5.41, 5.74) is 0.294. The van der Waals surface area contributed by atoms with Gasteiger partial charge in [-0.15, -0.1) is 0 Å². The first-order valence-electron chi connectivity index (χ1n) is 12.0. The van der Waals surface area contributed by atoms with Crippen LogP contribution >= 0.6 is 19.2 Å². The van der Waals surface area contributed by atoms with Crippen molar-refractivity contribution in [2.75, 3.05) is 28.4 Å². The van der Waals surface area contributed by atoms with Crippen molar-refractivity contribution >= 4 is 58.9 Å². The van der Waals surface area contributed by atoms with Crippen LogP contribution in [0.25, 0.3) is 0 Å². The van der Waals surface area contributed by atoms with E-state index >= 15 is 0 Å². The second kappa shape index (κ2) is 13.6. The van der Waals surface area contributed by atoms with E-state index in [9.17, 15) is 14.2 Å². The molecule has 0 spiro atoms. The molecule has 4 atom stereocenters. The fourth-order valence-corrected chi connectivity index (χ4v) is 9.00. The van der Waals surface area contributed by atoms with E-state index in [1.807, 2.05) is 24.3 Å². The van der Waals surface area contributed by atoms with Crippen LogP contribution in [0.5, 0.6) is 0 Å². The number of ether oxygens (including phenoxy) is 3. The molecule has 1 aliphatic carbocycles. The van der Waals surface area contributed by atoms with Gasteiger partial charge in [0.25, 0.3) is 0 Å². The summed E-state index contributed by atoms with van der Waals surface area (Å²) in [5, 5.41) is 0.508. The standard InChI is InChI=1S/C25H38ClO9PSeSi/c1-25(2,3)38(8,9)35-21-19(22(27)30-4)14-17(15-20(21)37-18-12-10-16(26)11-13-18)34-24(23(28)31-5)36(29,32-6)33-7/h10-14,17,20-21,24H,15H2,1-9H3/t17-,20-,21-,24?/m1/s1. The Morgan fingerprint density at radius 2 is 1.63 bits per heavy atom. The zero-order valence-electron chi connectivity index (χ0n) is 23.3.